The van der Waals surface area contributed by atoms with Gasteiger partial charge in [-0.2, -0.15) is 0 Å². The van der Waals surface area contributed by atoms with E-state index in [2.05, 4.69) is 41.2 Å². The van der Waals surface area contributed by atoms with Crippen molar-refractivity contribution in [3.05, 3.63) is 28.2 Å². The van der Waals surface area contributed by atoms with Crippen molar-refractivity contribution in [1.29, 1.82) is 0 Å². The molecule has 1 N–H and O–H groups in total. The highest BCUT2D eigenvalue weighted by atomic mass is 79.9. The number of anilines is 1. The van der Waals surface area contributed by atoms with Crippen molar-refractivity contribution in [1.82, 2.24) is 0 Å². The minimum absolute atomic E-state index is 0.0589. The van der Waals surface area contributed by atoms with E-state index in [1.165, 1.54) is 18.4 Å². The van der Waals surface area contributed by atoms with E-state index >= 15 is 0 Å². The molecule has 1 fully saturated rings. The fraction of sp³-hybridized carbons (Fsp3) is 0.562. The lowest BCUT2D eigenvalue weighted by Gasteiger charge is -2.36. The predicted octanol–water partition coefficient (Wildman–Crippen LogP) is 4.70. The van der Waals surface area contributed by atoms with E-state index < -0.39 is 0 Å². The maximum absolute atomic E-state index is 12.3. The molecule has 1 aliphatic carbocycles. The maximum atomic E-state index is 12.3. The van der Waals surface area contributed by atoms with Gasteiger partial charge in [0.2, 0.25) is 5.91 Å². The van der Waals surface area contributed by atoms with Crippen LogP contribution in [0.2, 0.25) is 0 Å². The molecule has 1 unspecified atom stereocenters. The Bertz CT molecular complexity index is 513. The van der Waals surface area contributed by atoms with Crippen molar-refractivity contribution in [2.45, 2.75) is 45.4 Å². The van der Waals surface area contributed by atoms with Gasteiger partial charge < -0.3 is 5.32 Å². The van der Waals surface area contributed by atoms with Crippen LogP contribution in [-0.4, -0.2) is 5.91 Å². The first-order valence-electron chi connectivity index (χ1n) is 7.07. The number of hydrogen-bond acceptors (Lipinski definition) is 1. The highest BCUT2D eigenvalue weighted by Crippen LogP contribution is 2.47. The van der Waals surface area contributed by atoms with Gasteiger partial charge in [-0.1, -0.05) is 29.8 Å². The molecule has 1 saturated carbocycles. The number of benzene rings is 1. The highest BCUT2D eigenvalue weighted by molar-refractivity contribution is 9.10. The molecule has 1 atom stereocenters. The van der Waals surface area contributed by atoms with Gasteiger partial charge in [-0.25, -0.2) is 0 Å². The van der Waals surface area contributed by atoms with Gasteiger partial charge >= 0.3 is 0 Å². The molecular formula is C16H20BrNO. The first-order valence-corrected chi connectivity index (χ1v) is 7.86. The van der Waals surface area contributed by atoms with Crippen LogP contribution in [-0.2, 0) is 4.79 Å². The van der Waals surface area contributed by atoms with Crippen molar-refractivity contribution in [3.8, 4) is 0 Å². The molecule has 3 rings (SSSR count). The van der Waals surface area contributed by atoms with Crippen LogP contribution >= 0.6 is 15.9 Å². The monoisotopic (exact) mass is 321 g/mol. The molecule has 2 nitrogen and oxygen atoms in total. The van der Waals surface area contributed by atoms with E-state index in [0.29, 0.717) is 11.3 Å². The van der Waals surface area contributed by atoms with Crippen LogP contribution in [0.25, 0.3) is 0 Å². The van der Waals surface area contributed by atoms with Crippen LogP contribution in [0.3, 0.4) is 0 Å². The summed E-state index contributed by atoms with van der Waals surface area (Å²) in [6.07, 6.45) is 4.78. The number of amides is 1. The van der Waals surface area contributed by atoms with Crippen LogP contribution in [0.15, 0.2) is 22.7 Å². The molecule has 2 aliphatic rings. The first kappa shape index (κ1) is 13.2. The summed E-state index contributed by atoms with van der Waals surface area (Å²) in [5.74, 6) is 0.755. The third kappa shape index (κ3) is 2.45. The summed E-state index contributed by atoms with van der Waals surface area (Å²) in [6, 6.07) is 6.10. The molecule has 3 heteroatoms. The summed E-state index contributed by atoms with van der Waals surface area (Å²) in [5.41, 5.74) is 2.64. The second-order valence-corrected chi connectivity index (χ2v) is 7.62. The second kappa shape index (κ2) is 4.62. The zero-order chi connectivity index (χ0) is 13.6. The lowest BCUT2D eigenvalue weighted by Crippen LogP contribution is -2.28. The zero-order valence-corrected chi connectivity index (χ0v) is 13.1. The summed E-state index contributed by atoms with van der Waals surface area (Å²) >= 11 is 3.52. The van der Waals surface area contributed by atoms with E-state index in [9.17, 15) is 4.79 Å². The lowest BCUT2D eigenvalue weighted by atomic mass is 9.68. The molecular weight excluding hydrogens is 302 g/mol. The van der Waals surface area contributed by atoms with Gasteiger partial charge in [-0.3, -0.25) is 4.79 Å². The first-order chi connectivity index (χ1) is 8.96. The fourth-order valence-electron chi connectivity index (χ4n) is 3.48. The van der Waals surface area contributed by atoms with Crippen molar-refractivity contribution >= 4 is 27.5 Å². The van der Waals surface area contributed by atoms with E-state index in [-0.39, 0.29) is 11.8 Å². The Morgan fingerprint density at radius 2 is 1.95 bits per heavy atom. The quantitative estimate of drug-likeness (QED) is 0.798. The summed E-state index contributed by atoms with van der Waals surface area (Å²) in [6.45, 7) is 4.67. The Morgan fingerprint density at radius 1 is 1.26 bits per heavy atom. The van der Waals surface area contributed by atoms with Crippen LogP contribution < -0.4 is 5.32 Å². The van der Waals surface area contributed by atoms with E-state index in [0.717, 1.165) is 23.0 Å². The third-order valence-electron chi connectivity index (χ3n) is 4.74. The summed E-state index contributed by atoms with van der Waals surface area (Å²) in [5, 5.41) is 3.03. The molecule has 0 radical (unpaired) electrons. The summed E-state index contributed by atoms with van der Waals surface area (Å²) in [7, 11) is 0. The molecule has 0 bridgehead atoms. The molecule has 1 aliphatic heterocycles. The SMILES string of the molecule is CC1(C)CCC(C2C(=O)Nc3ccc(Br)cc32)CC1. The average Bonchev–Trinajstić information content (AvgIpc) is 2.65. The Labute approximate surface area is 123 Å². The molecule has 19 heavy (non-hydrogen) atoms. The van der Waals surface area contributed by atoms with Gasteiger partial charge in [0.15, 0.2) is 0 Å². The molecule has 102 valence electrons. The van der Waals surface area contributed by atoms with Gasteiger partial charge in [0.25, 0.3) is 0 Å². The number of carbonyl (C=O) groups excluding carboxylic acids is 1. The topological polar surface area (TPSA) is 29.1 Å². The zero-order valence-electron chi connectivity index (χ0n) is 11.5. The Hall–Kier alpha value is -0.830. The van der Waals surface area contributed by atoms with Crippen LogP contribution in [0.5, 0.6) is 0 Å². The van der Waals surface area contributed by atoms with Crippen LogP contribution in [0, 0.1) is 11.3 Å². The molecule has 0 aromatic heterocycles. The molecule has 1 aromatic rings. The van der Waals surface area contributed by atoms with Gasteiger partial charge in [-0.15, -0.1) is 0 Å². The third-order valence-corrected chi connectivity index (χ3v) is 5.24. The van der Waals surface area contributed by atoms with Crippen molar-refractivity contribution in [3.63, 3.8) is 0 Å². The van der Waals surface area contributed by atoms with E-state index in [1.54, 1.807) is 0 Å². The van der Waals surface area contributed by atoms with Gasteiger partial charge in [-0.05, 0) is 60.8 Å². The Kier molecular flexibility index (Phi) is 3.20. The standard InChI is InChI=1S/C16H20BrNO/c1-16(2)7-5-10(6-8-16)14-12-9-11(17)3-4-13(12)18-15(14)19/h3-4,9-10,14H,5-8H2,1-2H3,(H,18,19). The minimum Gasteiger partial charge on any atom is -0.325 e. The number of rotatable bonds is 1. The minimum atomic E-state index is 0.0589. The number of nitrogens with one attached hydrogen (secondary N) is 1. The number of hydrogen-bond donors (Lipinski definition) is 1. The van der Waals surface area contributed by atoms with Gasteiger partial charge in [0.05, 0.1) is 5.92 Å². The molecule has 1 amide bonds. The van der Waals surface area contributed by atoms with E-state index in [1.807, 2.05) is 12.1 Å². The van der Waals surface area contributed by atoms with Crippen LogP contribution in [0.1, 0.15) is 51.0 Å². The molecule has 0 saturated heterocycles. The molecule has 0 spiro atoms. The number of halogens is 1. The van der Waals surface area contributed by atoms with Gasteiger partial charge in [0.1, 0.15) is 0 Å². The van der Waals surface area contributed by atoms with Crippen molar-refractivity contribution < 1.29 is 4.79 Å². The molecule has 1 heterocycles. The number of carbonyl (C=O) groups is 1. The normalized spacial score (nSPS) is 26.1. The van der Waals surface area contributed by atoms with Crippen molar-refractivity contribution in [2.24, 2.45) is 11.3 Å². The predicted molar refractivity (Wildman–Crippen MR) is 81.3 cm³/mol. The second-order valence-electron chi connectivity index (χ2n) is 6.70. The Balaban J connectivity index is 1.86. The highest BCUT2D eigenvalue weighted by Gasteiger charge is 2.39. The Morgan fingerprint density at radius 3 is 2.63 bits per heavy atom. The largest absolute Gasteiger partial charge is 0.325 e. The van der Waals surface area contributed by atoms with Gasteiger partial charge in [0, 0.05) is 10.2 Å². The lowest BCUT2D eigenvalue weighted by molar-refractivity contribution is -0.118. The summed E-state index contributed by atoms with van der Waals surface area (Å²) < 4.78 is 1.06. The fourth-order valence-corrected chi connectivity index (χ4v) is 3.86. The van der Waals surface area contributed by atoms with E-state index in [4.69, 9.17) is 0 Å². The smallest absolute Gasteiger partial charge is 0.232 e. The summed E-state index contributed by atoms with van der Waals surface area (Å²) in [4.78, 5) is 12.3. The van der Waals surface area contributed by atoms with Crippen molar-refractivity contribution in [2.75, 3.05) is 5.32 Å². The average molecular weight is 322 g/mol. The molecule has 1 aromatic carbocycles. The van der Waals surface area contributed by atoms with Crippen LogP contribution in [0.4, 0.5) is 5.69 Å². The number of fused-ring (bicyclic) bond motifs is 1. The maximum Gasteiger partial charge on any atom is 0.232 e.